The first-order chi connectivity index (χ1) is 11.1. The molecule has 0 unspecified atom stereocenters. The van der Waals surface area contributed by atoms with Crippen LogP contribution in [0.5, 0.6) is 5.75 Å². The number of nitrogens with zero attached hydrogens (tertiary/aromatic N) is 2. The molecule has 0 bridgehead atoms. The molecular weight excluding hydrogens is 290 g/mol. The summed E-state index contributed by atoms with van der Waals surface area (Å²) < 4.78 is 10.8. The second-order valence-corrected chi connectivity index (χ2v) is 5.46. The van der Waals surface area contributed by atoms with Gasteiger partial charge in [-0.05, 0) is 61.4 Å². The number of ether oxygens (including phenoxy) is 1. The average molecular weight is 309 g/mol. The van der Waals surface area contributed by atoms with Crippen molar-refractivity contribution in [1.82, 2.24) is 10.2 Å². The van der Waals surface area contributed by atoms with Crippen molar-refractivity contribution in [2.75, 3.05) is 12.4 Å². The van der Waals surface area contributed by atoms with E-state index >= 15 is 0 Å². The molecule has 1 aromatic heterocycles. The number of hydrogen-bond donors (Lipinski definition) is 1. The minimum Gasteiger partial charge on any atom is -0.497 e. The van der Waals surface area contributed by atoms with Crippen LogP contribution in [0.1, 0.15) is 17.0 Å². The van der Waals surface area contributed by atoms with Gasteiger partial charge in [0.15, 0.2) is 0 Å². The Labute approximate surface area is 135 Å². The summed E-state index contributed by atoms with van der Waals surface area (Å²) in [7, 11) is 1.64. The summed E-state index contributed by atoms with van der Waals surface area (Å²) in [5.74, 6) is 1.85. The Hall–Kier alpha value is -2.82. The first-order valence-electron chi connectivity index (χ1n) is 7.43. The second kappa shape index (κ2) is 6.52. The van der Waals surface area contributed by atoms with Crippen molar-refractivity contribution in [1.29, 1.82) is 0 Å². The summed E-state index contributed by atoms with van der Waals surface area (Å²) in [6.07, 6.45) is 0. The molecule has 0 aliphatic heterocycles. The lowest BCUT2D eigenvalue weighted by Gasteiger charge is -2.06. The number of rotatable bonds is 5. The van der Waals surface area contributed by atoms with E-state index in [1.54, 1.807) is 7.11 Å². The summed E-state index contributed by atoms with van der Waals surface area (Å²) >= 11 is 0. The van der Waals surface area contributed by atoms with Gasteiger partial charge in [0.05, 0.1) is 13.7 Å². The van der Waals surface area contributed by atoms with Crippen LogP contribution in [0.3, 0.4) is 0 Å². The lowest BCUT2D eigenvalue weighted by Crippen LogP contribution is -2.00. The molecule has 0 aliphatic rings. The van der Waals surface area contributed by atoms with E-state index in [0.717, 1.165) is 17.0 Å². The van der Waals surface area contributed by atoms with E-state index in [0.29, 0.717) is 18.3 Å². The van der Waals surface area contributed by atoms with Crippen LogP contribution in [0.25, 0.3) is 11.5 Å². The highest BCUT2D eigenvalue weighted by Crippen LogP contribution is 2.21. The number of anilines is 1. The van der Waals surface area contributed by atoms with Crippen molar-refractivity contribution in [3.8, 4) is 17.2 Å². The standard InChI is InChI=1S/C18H19N3O2/c1-12-8-13(2)10-15(9-12)19-11-17-20-21-18(23-17)14-4-6-16(22-3)7-5-14/h4-10,19H,11H2,1-3H3. The Kier molecular flexibility index (Phi) is 4.28. The molecule has 5 nitrogen and oxygen atoms in total. The molecule has 3 aromatic rings. The monoisotopic (exact) mass is 309 g/mol. The molecule has 0 saturated carbocycles. The van der Waals surface area contributed by atoms with Gasteiger partial charge in [0.25, 0.3) is 0 Å². The van der Waals surface area contributed by atoms with Crippen LogP contribution in [0, 0.1) is 13.8 Å². The Morgan fingerprint density at radius 3 is 2.35 bits per heavy atom. The molecule has 3 rings (SSSR count). The highest BCUT2D eigenvalue weighted by Gasteiger charge is 2.08. The molecule has 0 radical (unpaired) electrons. The molecule has 0 spiro atoms. The van der Waals surface area contributed by atoms with E-state index in [9.17, 15) is 0 Å². The summed E-state index contributed by atoms with van der Waals surface area (Å²) in [4.78, 5) is 0. The molecular formula is C18H19N3O2. The number of hydrogen-bond acceptors (Lipinski definition) is 5. The van der Waals surface area contributed by atoms with Crippen molar-refractivity contribution in [2.45, 2.75) is 20.4 Å². The zero-order chi connectivity index (χ0) is 16.2. The molecule has 1 N–H and O–H groups in total. The van der Waals surface area contributed by atoms with Crippen LogP contribution in [-0.4, -0.2) is 17.3 Å². The number of aryl methyl sites for hydroxylation is 2. The SMILES string of the molecule is COc1ccc(-c2nnc(CNc3cc(C)cc(C)c3)o2)cc1. The third kappa shape index (κ3) is 3.69. The summed E-state index contributed by atoms with van der Waals surface area (Å²) in [5.41, 5.74) is 4.36. The Balaban J connectivity index is 1.69. The van der Waals surface area contributed by atoms with Crippen LogP contribution >= 0.6 is 0 Å². The van der Waals surface area contributed by atoms with Crippen molar-refractivity contribution < 1.29 is 9.15 Å². The van der Waals surface area contributed by atoms with Gasteiger partial charge in [-0.1, -0.05) is 6.07 Å². The smallest absolute Gasteiger partial charge is 0.247 e. The summed E-state index contributed by atoms with van der Waals surface area (Å²) in [6, 6.07) is 13.8. The maximum absolute atomic E-state index is 5.70. The van der Waals surface area contributed by atoms with E-state index < -0.39 is 0 Å². The molecule has 0 amide bonds. The predicted octanol–water partition coefficient (Wildman–Crippen LogP) is 3.97. The summed E-state index contributed by atoms with van der Waals surface area (Å²) in [5, 5.41) is 11.5. The van der Waals surface area contributed by atoms with Crippen molar-refractivity contribution in [2.24, 2.45) is 0 Å². The largest absolute Gasteiger partial charge is 0.497 e. The zero-order valence-corrected chi connectivity index (χ0v) is 13.5. The van der Waals surface area contributed by atoms with Gasteiger partial charge in [0, 0.05) is 11.3 Å². The second-order valence-electron chi connectivity index (χ2n) is 5.46. The van der Waals surface area contributed by atoms with Gasteiger partial charge >= 0.3 is 0 Å². The third-order valence-corrected chi connectivity index (χ3v) is 3.47. The van der Waals surface area contributed by atoms with Gasteiger partial charge in [0.2, 0.25) is 11.8 Å². The van der Waals surface area contributed by atoms with E-state index in [1.165, 1.54) is 11.1 Å². The fourth-order valence-corrected chi connectivity index (χ4v) is 2.43. The van der Waals surface area contributed by atoms with Gasteiger partial charge in [0.1, 0.15) is 5.75 Å². The van der Waals surface area contributed by atoms with Gasteiger partial charge in [-0.25, -0.2) is 0 Å². The van der Waals surface area contributed by atoms with Crippen LogP contribution in [-0.2, 0) is 6.54 Å². The number of nitrogens with one attached hydrogen (secondary N) is 1. The summed E-state index contributed by atoms with van der Waals surface area (Å²) in [6.45, 7) is 4.64. The molecule has 0 saturated heterocycles. The predicted molar refractivity (Wildman–Crippen MR) is 89.5 cm³/mol. The quantitative estimate of drug-likeness (QED) is 0.772. The highest BCUT2D eigenvalue weighted by molar-refractivity contribution is 5.54. The fraction of sp³-hybridized carbons (Fsp3) is 0.222. The molecule has 23 heavy (non-hydrogen) atoms. The normalized spacial score (nSPS) is 10.6. The van der Waals surface area contributed by atoms with E-state index in [1.807, 2.05) is 24.3 Å². The van der Waals surface area contributed by atoms with Crippen molar-refractivity contribution in [3.05, 3.63) is 59.5 Å². The van der Waals surface area contributed by atoms with Gasteiger partial charge < -0.3 is 14.5 Å². The molecule has 0 atom stereocenters. The van der Waals surface area contributed by atoms with Crippen LogP contribution in [0.2, 0.25) is 0 Å². The fourth-order valence-electron chi connectivity index (χ4n) is 2.43. The Morgan fingerprint density at radius 2 is 1.70 bits per heavy atom. The average Bonchev–Trinajstić information content (AvgIpc) is 3.01. The van der Waals surface area contributed by atoms with Crippen molar-refractivity contribution >= 4 is 5.69 Å². The van der Waals surface area contributed by atoms with E-state index in [4.69, 9.17) is 9.15 Å². The maximum atomic E-state index is 5.70. The maximum Gasteiger partial charge on any atom is 0.247 e. The molecule has 118 valence electrons. The minimum atomic E-state index is 0.492. The zero-order valence-electron chi connectivity index (χ0n) is 13.5. The van der Waals surface area contributed by atoms with Crippen molar-refractivity contribution in [3.63, 3.8) is 0 Å². The molecule has 0 aliphatic carbocycles. The van der Waals surface area contributed by atoms with E-state index in [2.05, 4.69) is 47.6 Å². The van der Waals surface area contributed by atoms with Gasteiger partial charge in [-0.15, -0.1) is 10.2 Å². The molecule has 1 heterocycles. The lowest BCUT2D eigenvalue weighted by atomic mass is 10.1. The van der Waals surface area contributed by atoms with Gasteiger partial charge in [-0.2, -0.15) is 0 Å². The number of aromatic nitrogens is 2. The Bertz CT molecular complexity index is 774. The Morgan fingerprint density at radius 1 is 1.00 bits per heavy atom. The number of benzene rings is 2. The van der Waals surface area contributed by atoms with Gasteiger partial charge in [-0.3, -0.25) is 0 Å². The molecule has 0 fully saturated rings. The topological polar surface area (TPSA) is 60.2 Å². The van der Waals surface area contributed by atoms with E-state index in [-0.39, 0.29) is 0 Å². The molecule has 5 heteroatoms. The highest BCUT2D eigenvalue weighted by atomic mass is 16.5. The first-order valence-corrected chi connectivity index (χ1v) is 7.43. The van der Waals surface area contributed by atoms with Crippen LogP contribution < -0.4 is 10.1 Å². The third-order valence-electron chi connectivity index (χ3n) is 3.47. The van der Waals surface area contributed by atoms with Crippen LogP contribution in [0.15, 0.2) is 46.9 Å². The van der Waals surface area contributed by atoms with Crippen LogP contribution in [0.4, 0.5) is 5.69 Å². The first kappa shape index (κ1) is 15.1. The minimum absolute atomic E-state index is 0.492. The lowest BCUT2D eigenvalue weighted by molar-refractivity contribution is 0.415. The number of methoxy groups -OCH3 is 1. The molecule has 2 aromatic carbocycles.